The van der Waals surface area contributed by atoms with Gasteiger partial charge < -0.3 is 5.73 Å². The van der Waals surface area contributed by atoms with Crippen molar-refractivity contribution in [1.82, 2.24) is 0 Å². The van der Waals surface area contributed by atoms with Crippen LogP contribution in [0.4, 0.5) is 0 Å². The maximum Gasteiger partial charge on any atom is 0.0573 e. The van der Waals surface area contributed by atoms with E-state index in [1.165, 1.54) is 29.7 Å². The van der Waals surface area contributed by atoms with Crippen LogP contribution < -0.4 is 5.73 Å². The molecule has 1 fully saturated rings. The van der Waals surface area contributed by atoms with E-state index < -0.39 is 0 Å². The number of benzene rings is 1. The molecule has 2 atom stereocenters. The quantitative estimate of drug-likeness (QED) is 0.854. The average Bonchev–Trinajstić information content (AvgIpc) is 2.95. The Morgan fingerprint density at radius 3 is 2.61 bits per heavy atom. The fourth-order valence-corrected chi connectivity index (χ4v) is 4.11. The molecule has 2 unspecified atom stereocenters. The summed E-state index contributed by atoms with van der Waals surface area (Å²) in [6.45, 7) is 0. The SMILES string of the molecule is NC1(c2cccs2)CCCCC1c1ccccc1. The van der Waals surface area contributed by atoms with E-state index in [0.717, 1.165) is 6.42 Å². The first-order chi connectivity index (χ1) is 8.81. The van der Waals surface area contributed by atoms with E-state index in [1.807, 2.05) is 0 Å². The average molecular weight is 257 g/mol. The molecule has 0 bridgehead atoms. The Labute approximate surface area is 113 Å². The standard InChI is InChI=1S/C16H19NS/c17-16(15-10-6-12-18-15)11-5-4-9-14(16)13-7-2-1-3-8-13/h1-3,6-8,10,12,14H,4-5,9,11,17H2. The Kier molecular flexibility index (Phi) is 3.23. The Hall–Kier alpha value is -1.12. The van der Waals surface area contributed by atoms with Gasteiger partial charge in [-0.2, -0.15) is 0 Å². The number of nitrogens with two attached hydrogens (primary N) is 1. The molecule has 3 rings (SSSR count). The van der Waals surface area contributed by atoms with Crippen LogP contribution in [-0.4, -0.2) is 0 Å². The van der Waals surface area contributed by atoms with Gasteiger partial charge in [-0.3, -0.25) is 0 Å². The van der Waals surface area contributed by atoms with Gasteiger partial charge in [-0.25, -0.2) is 0 Å². The fraction of sp³-hybridized carbons (Fsp3) is 0.375. The lowest BCUT2D eigenvalue weighted by atomic mass is 9.69. The minimum Gasteiger partial charge on any atom is -0.320 e. The molecule has 0 radical (unpaired) electrons. The molecule has 0 saturated heterocycles. The molecule has 1 aliphatic carbocycles. The maximum atomic E-state index is 6.81. The van der Waals surface area contributed by atoms with Crippen molar-refractivity contribution in [2.75, 3.05) is 0 Å². The van der Waals surface area contributed by atoms with Crippen LogP contribution in [0.1, 0.15) is 42.0 Å². The molecule has 2 aromatic rings. The van der Waals surface area contributed by atoms with Crippen LogP contribution in [0, 0.1) is 0 Å². The van der Waals surface area contributed by atoms with E-state index in [9.17, 15) is 0 Å². The number of hydrogen-bond donors (Lipinski definition) is 1. The van der Waals surface area contributed by atoms with Crippen LogP contribution in [0.3, 0.4) is 0 Å². The summed E-state index contributed by atoms with van der Waals surface area (Å²) in [5.74, 6) is 0.464. The molecular weight excluding hydrogens is 238 g/mol. The third-order valence-electron chi connectivity index (χ3n) is 4.14. The molecular formula is C16H19NS. The van der Waals surface area contributed by atoms with E-state index in [0.29, 0.717) is 5.92 Å². The maximum absolute atomic E-state index is 6.81. The monoisotopic (exact) mass is 257 g/mol. The summed E-state index contributed by atoms with van der Waals surface area (Å²) in [5, 5.41) is 2.14. The van der Waals surface area contributed by atoms with Crippen molar-refractivity contribution in [1.29, 1.82) is 0 Å². The molecule has 2 N–H and O–H groups in total. The van der Waals surface area contributed by atoms with Gasteiger partial charge in [0.05, 0.1) is 5.54 Å². The highest BCUT2D eigenvalue weighted by Gasteiger charge is 2.40. The van der Waals surface area contributed by atoms with Gasteiger partial charge in [-0.05, 0) is 29.9 Å². The molecule has 94 valence electrons. The van der Waals surface area contributed by atoms with Crippen LogP contribution in [0.25, 0.3) is 0 Å². The smallest absolute Gasteiger partial charge is 0.0573 e. The minimum atomic E-state index is -0.159. The zero-order chi connectivity index (χ0) is 12.4. The predicted octanol–water partition coefficient (Wildman–Crippen LogP) is 4.26. The normalized spacial score (nSPS) is 28.2. The molecule has 2 heteroatoms. The second-order valence-corrected chi connectivity index (χ2v) is 6.17. The van der Waals surface area contributed by atoms with Crippen LogP contribution in [0.5, 0.6) is 0 Å². The first-order valence-corrected chi connectivity index (χ1v) is 7.56. The molecule has 1 nitrogen and oxygen atoms in total. The largest absolute Gasteiger partial charge is 0.320 e. The van der Waals surface area contributed by atoms with Gasteiger partial charge in [-0.15, -0.1) is 11.3 Å². The molecule has 1 saturated carbocycles. The summed E-state index contributed by atoms with van der Waals surface area (Å²) in [6, 6.07) is 15.1. The summed E-state index contributed by atoms with van der Waals surface area (Å²) in [5.41, 5.74) is 8.05. The summed E-state index contributed by atoms with van der Waals surface area (Å²) >= 11 is 1.80. The second-order valence-electron chi connectivity index (χ2n) is 5.23. The first kappa shape index (κ1) is 11.9. The molecule has 1 heterocycles. The van der Waals surface area contributed by atoms with Crippen LogP contribution in [-0.2, 0) is 5.54 Å². The van der Waals surface area contributed by atoms with Crippen LogP contribution in [0.15, 0.2) is 47.8 Å². The molecule has 1 aromatic heterocycles. The number of hydrogen-bond acceptors (Lipinski definition) is 2. The molecule has 0 aliphatic heterocycles. The van der Waals surface area contributed by atoms with Gasteiger partial charge in [0.15, 0.2) is 0 Å². The fourth-order valence-electron chi connectivity index (χ4n) is 3.19. The van der Waals surface area contributed by atoms with Gasteiger partial charge in [0.25, 0.3) is 0 Å². The number of rotatable bonds is 2. The van der Waals surface area contributed by atoms with Crippen molar-refractivity contribution in [2.45, 2.75) is 37.1 Å². The van der Waals surface area contributed by atoms with E-state index >= 15 is 0 Å². The predicted molar refractivity (Wildman–Crippen MR) is 77.8 cm³/mol. The van der Waals surface area contributed by atoms with Crippen molar-refractivity contribution < 1.29 is 0 Å². The molecule has 1 aromatic carbocycles. The zero-order valence-electron chi connectivity index (χ0n) is 10.5. The summed E-state index contributed by atoms with van der Waals surface area (Å²) in [7, 11) is 0. The highest BCUT2D eigenvalue weighted by atomic mass is 32.1. The first-order valence-electron chi connectivity index (χ1n) is 6.68. The molecule has 18 heavy (non-hydrogen) atoms. The van der Waals surface area contributed by atoms with Crippen molar-refractivity contribution in [2.24, 2.45) is 5.73 Å². The molecule has 1 aliphatic rings. The van der Waals surface area contributed by atoms with Crippen molar-refractivity contribution in [3.63, 3.8) is 0 Å². The van der Waals surface area contributed by atoms with Crippen molar-refractivity contribution >= 4 is 11.3 Å². The van der Waals surface area contributed by atoms with Gasteiger partial charge in [0.1, 0.15) is 0 Å². The van der Waals surface area contributed by atoms with Crippen molar-refractivity contribution in [3.8, 4) is 0 Å². The Balaban J connectivity index is 2.01. The van der Waals surface area contributed by atoms with E-state index in [4.69, 9.17) is 5.73 Å². The molecule has 0 amide bonds. The Morgan fingerprint density at radius 1 is 1.06 bits per heavy atom. The summed E-state index contributed by atoms with van der Waals surface area (Å²) in [4.78, 5) is 1.34. The van der Waals surface area contributed by atoms with Crippen LogP contribution >= 0.6 is 11.3 Å². The lowest BCUT2D eigenvalue weighted by molar-refractivity contribution is 0.259. The lowest BCUT2D eigenvalue weighted by Crippen LogP contribution is -2.44. The number of thiophene rings is 1. The summed E-state index contributed by atoms with van der Waals surface area (Å²) < 4.78 is 0. The Morgan fingerprint density at radius 2 is 1.89 bits per heavy atom. The molecule has 0 spiro atoms. The lowest BCUT2D eigenvalue weighted by Gasteiger charge is -2.41. The second kappa shape index (κ2) is 4.87. The van der Waals surface area contributed by atoms with Crippen molar-refractivity contribution in [3.05, 3.63) is 58.3 Å². The van der Waals surface area contributed by atoms with Gasteiger partial charge in [0.2, 0.25) is 0 Å². The topological polar surface area (TPSA) is 26.0 Å². The van der Waals surface area contributed by atoms with E-state index in [2.05, 4.69) is 47.8 Å². The third kappa shape index (κ3) is 2.00. The third-order valence-corrected chi connectivity index (χ3v) is 5.20. The summed E-state index contributed by atoms with van der Waals surface area (Å²) in [6.07, 6.45) is 4.85. The van der Waals surface area contributed by atoms with E-state index in [-0.39, 0.29) is 5.54 Å². The highest BCUT2D eigenvalue weighted by molar-refractivity contribution is 7.10. The van der Waals surface area contributed by atoms with Gasteiger partial charge >= 0.3 is 0 Å². The zero-order valence-corrected chi connectivity index (χ0v) is 11.3. The van der Waals surface area contributed by atoms with Gasteiger partial charge in [-0.1, -0.05) is 49.2 Å². The van der Waals surface area contributed by atoms with Gasteiger partial charge in [0, 0.05) is 10.8 Å². The Bertz CT molecular complexity index is 491. The van der Waals surface area contributed by atoms with E-state index in [1.54, 1.807) is 11.3 Å². The van der Waals surface area contributed by atoms with Crippen LogP contribution in [0.2, 0.25) is 0 Å². The minimum absolute atomic E-state index is 0.159. The highest BCUT2D eigenvalue weighted by Crippen LogP contribution is 2.46.